The fraction of sp³-hybridized carbons (Fsp3) is 0.200. The van der Waals surface area contributed by atoms with Crippen LogP contribution in [0.15, 0.2) is 46.9 Å². The molecule has 0 amide bonds. The average molecular weight is 385 g/mol. The number of halogens is 2. The van der Waals surface area contributed by atoms with Crippen LogP contribution in [0.1, 0.15) is 5.56 Å². The van der Waals surface area contributed by atoms with Crippen molar-refractivity contribution in [3.8, 4) is 5.75 Å². The van der Waals surface area contributed by atoms with Gasteiger partial charge in [0.25, 0.3) is 0 Å². The van der Waals surface area contributed by atoms with E-state index < -0.39 is 0 Å². The van der Waals surface area contributed by atoms with Crippen molar-refractivity contribution in [1.82, 2.24) is 0 Å². The smallest absolute Gasteiger partial charge is 0.119 e. The zero-order valence-corrected chi connectivity index (χ0v) is 14.0. The molecule has 0 aliphatic rings. The van der Waals surface area contributed by atoms with E-state index in [1.165, 1.54) is 11.3 Å². The SMILES string of the molecule is COc1ccc(N(C)c2cc(Br)ccc2CBr)cc1. The maximum atomic E-state index is 5.19. The molecule has 0 aliphatic carbocycles. The lowest BCUT2D eigenvalue weighted by Gasteiger charge is -2.22. The third-order valence-corrected chi connectivity index (χ3v) is 4.11. The summed E-state index contributed by atoms with van der Waals surface area (Å²) in [6.45, 7) is 0. The Morgan fingerprint density at radius 1 is 1.11 bits per heavy atom. The van der Waals surface area contributed by atoms with Gasteiger partial charge in [0.2, 0.25) is 0 Å². The highest BCUT2D eigenvalue weighted by Crippen LogP contribution is 2.31. The molecule has 100 valence electrons. The lowest BCUT2D eigenvalue weighted by atomic mass is 10.1. The largest absolute Gasteiger partial charge is 0.497 e. The van der Waals surface area contributed by atoms with Gasteiger partial charge in [0.15, 0.2) is 0 Å². The van der Waals surface area contributed by atoms with Crippen molar-refractivity contribution in [3.63, 3.8) is 0 Å². The first kappa shape index (κ1) is 14.4. The molecule has 0 radical (unpaired) electrons. The van der Waals surface area contributed by atoms with E-state index in [-0.39, 0.29) is 0 Å². The van der Waals surface area contributed by atoms with Gasteiger partial charge in [-0.3, -0.25) is 0 Å². The number of nitrogens with zero attached hydrogens (tertiary/aromatic N) is 1. The summed E-state index contributed by atoms with van der Waals surface area (Å²) in [7, 11) is 3.74. The lowest BCUT2D eigenvalue weighted by Crippen LogP contribution is -2.11. The van der Waals surface area contributed by atoms with Crippen molar-refractivity contribution < 1.29 is 4.74 Å². The predicted molar refractivity (Wildman–Crippen MR) is 87.8 cm³/mol. The Bertz CT molecular complexity index is 555. The Hall–Kier alpha value is -1.00. The van der Waals surface area contributed by atoms with Gasteiger partial charge in [-0.25, -0.2) is 0 Å². The Morgan fingerprint density at radius 3 is 2.37 bits per heavy atom. The highest BCUT2D eigenvalue weighted by molar-refractivity contribution is 9.10. The van der Waals surface area contributed by atoms with Crippen LogP contribution in [-0.2, 0) is 5.33 Å². The summed E-state index contributed by atoms with van der Waals surface area (Å²) >= 11 is 7.06. The van der Waals surface area contributed by atoms with Crippen LogP contribution in [0.4, 0.5) is 11.4 Å². The van der Waals surface area contributed by atoms with Gasteiger partial charge in [0.1, 0.15) is 5.75 Å². The third kappa shape index (κ3) is 3.31. The number of hydrogen-bond donors (Lipinski definition) is 0. The third-order valence-electron chi connectivity index (χ3n) is 3.01. The number of methoxy groups -OCH3 is 1. The first-order valence-corrected chi connectivity index (χ1v) is 7.79. The first-order chi connectivity index (χ1) is 9.15. The quantitative estimate of drug-likeness (QED) is 0.678. The minimum absolute atomic E-state index is 0.829. The molecule has 2 nitrogen and oxygen atoms in total. The van der Waals surface area contributed by atoms with Crippen LogP contribution in [0.2, 0.25) is 0 Å². The molecule has 2 aromatic carbocycles. The summed E-state index contributed by atoms with van der Waals surface area (Å²) in [5.74, 6) is 0.868. The second-order valence-electron chi connectivity index (χ2n) is 4.16. The summed E-state index contributed by atoms with van der Waals surface area (Å²) in [6.07, 6.45) is 0. The van der Waals surface area contributed by atoms with E-state index in [0.717, 1.165) is 21.2 Å². The molecule has 0 spiro atoms. The Morgan fingerprint density at radius 2 is 1.79 bits per heavy atom. The molecule has 0 heterocycles. The van der Waals surface area contributed by atoms with E-state index in [9.17, 15) is 0 Å². The van der Waals surface area contributed by atoms with E-state index in [2.05, 4.69) is 74.1 Å². The van der Waals surface area contributed by atoms with Crippen molar-refractivity contribution >= 4 is 43.2 Å². The minimum Gasteiger partial charge on any atom is -0.497 e. The molecule has 0 N–H and O–H groups in total. The molecular formula is C15H15Br2NO. The maximum Gasteiger partial charge on any atom is 0.119 e. The van der Waals surface area contributed by atoms with Gasteiger partial charge in [0.05, 0.1) is 7.11 Å². The maximum absolute atomic E-state index is 5.19. The van der Waals surface area contributed by atoms with Gasteiger partial charge < -0.3 is 9.64 Å². The second kappa shape index (κ2) is 6.44. The van der Waals surface area contributed by atoms with Gasteiger partial charge in [-0.1, -0.05) is 37.9 Å². The standard InChI is InChI=1S/C15H15Br2NO/c1-18(13-5-7-14(19-2)8-6-13)15-9-12(17)4-3-11(15)10-16/h3-9H,10H2,1-2H3. The van der Waals surface area contributed by atoms with Gasteiger partial charge >= 0.3 is 0 Å². The highest BCUT2D eigenvalue weighted by atomic mass is 79.9. The number of hydrogen-bond acceptors (Lipinski definition) is 2. The van der Waals surface area contributed by atoms with Crippen LogP contribution >= 0.6 is 31.9 Å². The van der Waals surface area contributed by atoms with Crippen molar-refractivity contribution in [2.45, 2.75) is 5.33 Å². The molecule has 0 fully saturated rings. The summed E-state index contributed by atoms with van der Waals surface area (Å²) < 4.78 is 6.26. The van der Waals surface area contributed by atoms with Gasteiger partial charge in [-0.15, -0.1) is 0 Å². The Labute approximate surface area is 130 Å². The minimum atomic E-state index is 0.829. The predicted octanol–water partition coefficient (Wildman–Crippen LogP) is 5.12. The second-order valence-corrected chi connectivity index (χ2v) is 5.64. The Kier molecular flexibility index (Phi) is 4.88. The van der Waals surface area contributed by atoms with Crippen LogP contribution in [0.3, 0.4) is 0 Å². The molecule has 0 unspecified atom stereocenters. The molecule has 0 aliphatic heterocycles. The molecule has 0 saturated heterocycles. The zero-order valence-electron chi connectivity index (χ0n) is 10.9. The Balaban J connectivity index is 2.36. The number of alkyl halides is 1. The summed E-state index contributed by atoms with van der Waals surface area (Å²) in [4.78, 5) is 2.17. The van der Waals surface area contributed by atoms with Crippen LogP contribution in [0, 0.1) is 0 Å². The number of ether oxygens (including phenoxy) is 1. The van der Waals surface area contributed by atoms with Gasteiger partial charge in [-0.2, -0.15) is 0 Å². The van der Waals surface area contributed by atoms with Crippen molar-refractivity contribution in [2.75, 3.05) is 19.1 Å². The van der Waals surface area contributed by atoms with E-state index in [1.807, 2.05) is 12.1 Å². The normalized spacial score (nSPS) is 10.3. The number of anilines is 2. The van der Waals surface area contributed by atoms with Crippen LogP contribution in [0.25, 0.3) is 0 Å². The van der Waals surface area contributed by atoms with Crippen molar-refractivity contribution in [2.24, 2.45) is 0 Å². The van der Waals surface area contributed by atoms with E-state index in [0.29, 0.717) is 0 Å². The zero-order chi connectivity index (χ0) is 13.8. The van der Waals surface area contributed by atoms with Crippen LogP contribution in [-0.4, -0.2) is 14.2 Å². The fourth-order valence-electron chi connectivity index (χ4n) is 1.91. The molecule has 19 heavy (non-hydrogen) atoms. The molecule has 0 saturated carbocycles. The molecule has 0 aromatic heterocycles. The van der Waals surface area contributed by atoms with E-state index >= 15 is 0 Å². The molecule has 2 aromatic rings. The highest BCUT2D eigenvalue weighted by Gasteiger charge is 2.09. The fourth-order valence-corrected chi connectivity index (χ4v) is 2.73. The number of benzene rings is 2. The summed E-state index contributed by atoms with van der Waals surface area (Å²) in [5.41, 5.74) is 3.55. The number of rotatable bonds is 4. The van der Waals surface area contributed by atoms with Crippen LogP contribution < -0.4 is 9.64 Å². The van der Waals surface area contributed by atoms with Crippen molar-refractivity contribution in [3.05, 3.63) is 52.5 Å². The topological polar surface area (TPSA) is 12.5 Å². The molecule has 0 atom stereocenters. The lowest BCUT2D eigenvalue weighted by molar-refractivity contribution is 0.415. The van der Waals surface area contributed by atoms with Gasteiger partial charge in [0, 0.05) is 28.2 Å². The monoisotopic (exact) mass is 383 g/mol. The molecule has 4 heteroatoms. The molecule has 0 bridgehead atoms. The average Bonchev–Trinajstić information content (AvgIpc) is 2.46. The van der Waals surface area contributed by atoms with Crippen molar-refractivity contribution in [1.29, 1.82) is 0 Å². The van der Waals surface area contributed by atoms with E-state index in [4.69, 9.17) is 4.74 Å². The summed E-state index contributed by atoms with van der Waals surface area (Å²) in [6, 6.07) is 14.3. The van der Waals surface area contributed by atoms with E-state index in [1.54, 1.807) is 7.11 Å². The van der Waals surface area contributed by atoms with Crippen LogP contribution in [0.5, 0.6) is 5.75 Å². The molecular weight excluding hydrogens is 370 g/mol. The molecule has 2 rings (SSSR count). The summed E-state index contributed by atoms with van der Waals surface area (Å²) in [5, 5.41) is 0.829. The van der Waals surface area contributed by atoms with Gasteiger partial charge in [-0.05, 0) is 42.0 Å². The first-order valence-electron chi connectivity index (χ1n) is 5.88.